The van der Waals surface area contributed by atoms with Crippen LogP contribution in [0.1, 0.15) is 0 Å². The van der Waals surface area contributed by atoms with Gasteiger partial charge in [-0.25, -0.2) is 0 Å². The predicted octanol–water partition coefficient (Wildman–Crippen LogP) is 14.8. The van der Waals surface area contributed by atoms with Crippen molar-refractivity contribution >= 4 is 65.6 Å². The van der Waals surface area contributed by atoms with Crippen LogP contribution in [0.2, 0.25) is 0 Å². The lowest BCUT2D eigenvalue weighted by Gasteiger charge is -2.10. The highest BCUT2D eigenvalue weighted by atomic mass is 16.3. The van der Waals surface area contributed by atoms with Gasteiger partial charge >= 0.3 is 0 Å². The largest absolute Gasteiger partial charge is 0.456 e. The van der Waals surface area contributed by atoms with Gasteiger partial charge in [-0.05, 0) is 100 Å². The minimum atomic E-state index is 0.898. The third-order valence-corrected chi connectivity index (χ3v) is 11.7. The molecule has 0 spiro atoms. The Morgan fingerprint density at radius 2 is 0.667 bits per heavy atom. The number of furan rings is 1. The van der Waals surface area contributed by atoms with Gasteiger partial charge in [0.25, 0.3) is 0 Å². The van der Waals surface area contributed by atoms with Crippen molar-refractivity contribution in [3.8, 4) is 44.8 Å². The van der Waals surface area contributed by atoms with Gasteiger partial charge in [-0.2, -0.15) is 0 Å². The van der Waals surface area contributed by atoms with Gasteiger partial charge < -0.3 is 13.6 Å². The topological polar surface area (TPSA) is 23.0 Å². The molecule has 0 radical (unpaired) electrons. The zero-order valence-electron chi connectivity index (χ0n) is 30.9. The summed E-state index contributed by atoms with van der Waals surface area (Å²) >= 11 is 0. The van der Waals surface area contributed by atoms with Gasteiger partial charge in [-0.1, -0.05) is 133 Å². The number of nitrogens with zero attached hydrogens (tertiary/aromatic N) is 2. The Hall–Kier alpha value is -7.62. The van der Waals surface area contributed by atoms with E-state index in [0.717, 1.165) is 33.3 Å². The molecule has 0 unspecified atom stereocenters. The summed E-state index contributed by atoms with van der Waals surface area (Å²) in [4.78, 5) is 0. The van der Waals surface area contributed by atoms with Crippen LogP contribution in [-0.4, -0.2) is 9.13 Å². The monoisotopic (exact) mass is 726 g/mol. The van der Waals surface area contributed by atoms with Gasteiger partial charge in [0.2, 0.25) is 0 Å². The molecule has 0 aliphatic rings. The molecule has 9 aromatic carbocycles. The number of hydrogen-bond donors (Lipinski definition) is 0. The third kappa shape index (κ3) is 4.99. The van der Waals surface area contributed by atoms with Gasteiger partial charge in [-0.3, -0.25) is 0 Å². The average molecular weight is 727 g/mol. The Morgan fingerprint density at radius 1 is 0.246 bits per heavy atom. The molecule has 0 aliphatic heterocycles. The minimum Gasteiger partial charge on any atom is -0.456 e. The first kappa shape index (κ1) is 31.7. The van der Waals surface area contributed by atoms with E-state index in [1.807, 2.05) is 12.1 Å². The van der Waals surface area contributed by atoms with Gasteiger partial charge in [0.05, 0.1) is 22.1 Å². The number of fused-ring (bicyclic) bond motifs is 9. The first-order chi connectivity index (χ1) is 28.2. The molecule has 12 aromatic rings. The second-order valence-electron chi connectivity index (χ2n) is 14.9. The highest BCUT2D eigenvalue weighted by molar-refractivity contribution is 6.12. The second kappa shape index (κ2) is 12.5. The Balaban J connectivity index is 0.904. The summed E-state index contributed by atoms with van der Waals surface area (Å²) in [7, 11) is 0. The molecule has 0 bridgehead atoms. The molecule has 0 aliphatic carbocycles. The standard InChI is InChI=1S/C54H34N2O/c1-2-10-35(11-3-1)36-22-26-41(27-23-36)55-49-15-7-4-12-43(49)47-32-39(24-30-51(47)55)37-18-20-38(21-19-37)40-25-31-52-48(33-40)44-13-5-8-16-50(44)56(52)42-28-29-46-45-14-6-9-17-53(45)57-54(46)34-42/h1-34H. The number of rotatable bonds is 5. The molecule has 0 atom stereocenters. The molecule has 3 nitrogen and oxygen atoms in total. The van der Waals surface area contributed by atoms with Crippen LogP contribution in [0.3, 0.4) is 0 Å². The van der Waals surface area contributed by atoms with Gasteiger partial charge in [0, 0.05) is 49.8 Å². The molecule has 3 heterocycles. The van der Waals surface area contributed by atoms with E-state index in [-0.39, 0.29) is 0 Å². The SMILES string of the molecule is c1ccc(-c2ccc(-n3c4ccccc4c4cc(-c5ccc(-c6ccc7c(c6)c6ccccc6n7-c6ccc7c(c6)oc6ccccc67)cc5)ccc43)cc2)cc1. The molecule has 0 N–H and O–H groups in total. The van der Waals surface area contributed by atoms with E-state index in [9.17, 15) is 0 Å². The van der Waals surface area contributed by atoms with Crippen molar-refractivity contribution in [1.29, 1.82) is 0 Å². The van der Waals surface area contributed by atoms with E-state index in [2.05, 4.69) is 203 Å². The average Bonchev–Trinajstić information content (AvgIpc) is 3.94. The Morgan fingerprint density at radius 3 is 1.30 bits per heavy atom. The van der Waals surface area contributed by atoms with Crippen LogP contribution in [0.25, 0.3) is 110 Å². The maximum absolute atomic E-state index is 6.30. The number of benzene rings is 9. The lowest BCUT2D eigenvalue weighted by molar-refractivity contribution is 0.668. The lowest BCUT2D eigenvalue weighted by atomic mass is 9.98. The molecule has 0 amide bonds. The molecule has 12 rings (SSSR count). The summed E-state index contributed by atoms with van der Waals surface area (Å²) in [6.45, 7) is 0. The van der Waals surface area contributed by atoms with Crippen LogP contribution < -0.4 is 0 Å². The van der Waals surface area contributed by atoms with E-state index in [1.54, 1.807) is 0 Å². The third-order valence-electron chi connectivity index (χ3n) is 11.7. The molecule has 0 fully saturated rings. The van der Waals surface area contributed by atoms with Crippen molar-refractivity contribution in [1.82, 2.24) is 9.13 Å². The van der Waals surface area contributed by atoms with E-state index >= 15 is 0 Å². The van der Waals surface area contributed by atoms with Crippen LogP contribution in [-0.2, 0) is 0 Å². The van der Waals surface area contributed by atoms with Crippen molar-refractivity contribution in [2.45, 2.75) is 0 Å². The maximum Gasteiger partial charge on any atom is 0.137 e. The first-order valence-electron chi connectivity index (χ1n) is 19.5. The van der Waals surface area contributed by atoms with E-state index in [0.29, 0.717) is 0 Å². The molecular formula is C54H34N2O. The molecule has 57 heavy (non-hydrogen) atoms. The number of aromatic nitrogens is 2. The lowest BCUT2D eigenvalue weighted by Crippen LogP contribution is -1.93. The summed E-state index contributed by atoms with van der Waals surface area (Å²) in [5, 5.41) is 7.25. The zero-order valence-corrected chi connectivity index (χ0v) is 30.9. The Labute approximate surface area is 328 Å². The van der Waals surface area contributed by atoms with Crippen LogP contribution in [0, 0.1) is 0 Å². The van der Waals surface area contributed by atoms with Crippen molar-refractivity contribution < 1.29 is 4.42 Å². The fourth-order valence-corrected chi connectivity index (χ4v) is 9.00. The minimum absolute atomic E-state index is 0.898. The van der Waals surface area contributed by atoms with Crippen LogP contribution >= 0.6 is 0 Å². The zero-order chi connectivity index (χ0) is 37.5. The predicted molar refractivity (Wildman–Crippen MR) is 239 cm³/mol. The quantitative estimate of drug-likeness (QED) is 0.173. The summed E-state index contributed by atoms with van der Waals surface area (Å²) in [5.41, 5.74) is 16.1. The van der Waals surface area contributed by atoms with Crippen LogP contribution in [0.5, 0.6) is 0 Å². The highest BCUT2D eigenvalue weighted by Crippen LogP contribution is 2.39. The fraction of sp³-hybridized carbons (Fsp3) is 0. The molecule has 3 heteroatoms. The van der Waals surface area contributed by atoms with E-state index in [4.69, 9.17) is 4.42 Å². The Kier molecular flexibility index (Phi) is 6.93. The second-order valence-corrected chi connectivity index (χ2v) is 14.9. The highest BCUT2D eigenvalue weighted by Gasteiger charge is 2.17. The molecule has 0 saturated heterocycles. The smallest absolute Gasteiger partial charge is 0.137 e. The number of hydrogen-bond acceptors (Lipinski definition) is 1. The van der Waals surface area contributed by atoms with E-state index in [1.165, 1.54) is 77.0 Å². The van der Waals surface area contributed by atoms with Crippen molar-refractivity contribution in [3.63, 3.8) is 0 Å². The molecule has 0 saturated carbocycles. The summed E-state index contributed by atoms with van der Waals surface area (Å²) in [6.07, 6.45) is 0. The first-order valence-corrected chi connectivity index (χ1v) is 19.5. The molecular weight excluding hydrogens is 693 g/mol. The van der Waals surface area contributed by atoms with Gasteiger partial charge in [0.15, 0.2) is 0 Å². The summed E-state index contributed by atoms with van der Waals surface area (Å²) in [6, 6.07) is 74.5. The van der Waals surface area contributed by atoms with Gasteiger partial charge in [0.1, 0.15) is 11.2 Å². The Bertz CT molecular complexity index is 3490. The van der Waals surface area contributed by atoms with Crippen molar-refractivity contribution in [3.05, 3.63) is 206 Å². The summed E-state index contributed by atoms with van der Waals surface area (Å²) in [5.74, 6) is 0. The van der Waals surface area contributed by atoms with E-state index < -0.39 is 0 Å². The number of para-hydroxylation sites is 3. The van der Waals surface area contributed by atoms with Crippen molar-refractivity contribution in [2.24, 2.45) is 0 Å². The summed E-state index contributed by atoms with van der Waals surface area (Å²) < 4.78 is 11.0. The van der Waals surface area contributed by atoms with Gasteiger partial charge in [-0.15, -0.1) is 0 Å². The normalized spacial score (nSPS) is 11.9. The molecule has 3 aromatic heterocycles. The van der Waals surface area contributed by atoms with Crippen LogP contribution in [0.15, 0.2) is 211 Å². The fourth-order valence-electron chi connectivity index (χ4n) is 9.00. The molecule has 266 valence electrons. The van der Waals surface area contributed by atoms with Crippen molar-refractivity contribution in [2.75, 3.05) is 0 Å². The maximum atomic E-state index is 6.30. The van der Waals surface area contributed by atoms with Crippen LogP contribution in [0.4, 0.5) is 0 Å².